The van der Waals surface area contributed by atoms with Crippen molar-refractivity contribution >= 4 is 23.4 Å². The van der Waals surface area contributed by atoms with Crippen LogP contribution in [0.5, 0.6) is 0 Å². The van der Waals surface area contributed by atoms with Gasteiger partial charge in [-0.2, -0.15) is 4.80 Å². The van der Waals surface area contributed by atoms with E-state index in [1.807, 2.05) is 15.8 Å². The highest BCUT2D eigenvalue weighted by molar-refractivity contribution is 5.90. The Kier molecular flexibility index (Phi) is 6.25. The number of carbonyl (C=O) groups is 2. The Morgan fingerprint density at radius 3 is 2.80 bits per heavy atom. The minimum absolute atomic E-state index is 0.165. The molecular weight excluding hydrogens is 459 g/mol. The van der Waals surface area contributed by atoms with Gasteiger partial charge in [-0.15, -0.1) is 15.3 Å². The van der Waals surface area contributed by atoms with Crippen molar-refractivity contribution in [1.82, 2.24) is 40.5 Å². The molecule has 14 heteroatoms. The molecular formula is C21H25FN10O3. The van der Waals surface area contributed by atoms with E-state index in [4.69, 9.17) is 4.74 Å². The monoisotopic (exact) mass is 484 g/mol. The predicted molar refractivity (Wildman–Crippen MR) is 120 cm³/mol. The Bertz CT molecular complexity index is 1190. The molecule has 0 spiro atoms. The van der Waals surface area contributed by atoms with Crippen molar-refractivity contribution < 1.29 is 18.7 Å². The van der Waals surface area contributed by atoms with E-state index >= 15 is 4.39 Å². The molecule has 1 aromatic carbocycles. The van der Waals surface area contributed by atoms with Crippen LogP contribution < -0.4 is 15.1 Å². The molecule has 13 nitrogen and oxygen atoms in total. The maximum absolute atomic E-state index is 15.0. The van der Waals surface area contributed by atoms with Gasteiger partial charge in [-0.05, 0) is 36.3 Å². The summed E-state index contributed by atoms with van der Waals surface area (Å²) >= 11 is 0. The molecule has 0 unspecified atom stereocenters. The van der Waals surface area contributed by atoms with Gasteiger partial charge in [0, 0.05) is 20.0 Å². The van der Waals surface area contributed by atoms with E-state index in [1.54, 1.807) is 12.1 Å². The second kappa shape index (κ2) is 9.64. The number of rotatable bonds is 7. The number of aromatic nitrogens is 7. The summed E-state index contributed by atoms with van der Waals surface area (Å²) in [7, 11) is 0. The number of ether oxygens (including phenoxy) is 1. The van der Waals surface area contributed by atoms with Crippen molar-refractivity contribution in [2.45, 2.75) is 38.5 Å². The number of hydrogen-bond donors (Lipinski definition) is 1. The molecule has 2 aliphatic rings. The lowest BCUT2D eigenvalue weighted by Gasteiger charge is -2.33. The normalized spacial score (nSPS) is 18.7. The van der Waals surface area contributed by atoms with E-state index in [1.165, 1.54) is 29.0 Å². The van der Waals surface area contributed by atoms with Crippen LogP contribution in [0, 0.1) is 5.82 Å². The maximum Gasteiger partial charge on any atom is 0.414 e. The molecule has 2 fully saturated rings. The van der Waals surface area contributed by atoms with Crippen LogP contribution in [0.15, 0.2) is 30.7 Å². The molecule has 184 valence electrons. The summed E-state index contributed by atoms with van der Waals surface area (Å²) in [5, 5.41) is 22.5. The van der Waals surface area contributed by atoms with E-state index in [0.29, 0.717) is 31.0 Å². The van der Waals surface area contributed by atoms with Crippen molar-refractivity contribution in [2.75, 3.05) is 36.0 Å². The number of piperidine rings is 1. The van der Waals surface area contributed by atoms with Gasteiger partial charge < -0.3 is 15.0 Å². The van der Waals surface area contributed by atoms with E-state index in [0.717, 1.165) is 18.5 Å². The Morgan fingerprint density at radius 1 is 1.26 bits per heavy atom. The molecule has 3 aromatic rings. The molecule has 0 saturated carbocycles. The van der Waals surface area contributed by atoms with Crippen LogP contribution in [0.1, 0.15) is 31.5 Å². The minimum atomic E-state index is -0.555. The average Bonchev–Trinajstić information content (AvgIpc) is 3.60. The zero-order chi connectivity index (χ0) is 24.4. The van der Waals surface area contributed by atoms with Crippen molar-refractivity contribution in [3.05, 3.63) is 42.2 Å². The summed E-state index contributed by atoms with van der Waals surface area (Å²) < 4.78 is 22.2. The number of tetrazole rings is 1. The zero-order valence-electron chi connectivity index (χ0n) is 19.1. The van der Waals surface area contributed by atoms with Crippen LogP contribution in [0.25, 0.3) is 0 Å². The van der Waals surface area contributed by atoms with E-state index < -0.39 is 18.0 Å². The highest BCUT2D eigenvalue weighted by atomic mass is 19.1. The molecule has 0 aliphatic carbocycles. The smallest absolute Gasteiger partial charge is 0.414 e. The molecule has 2 amide bonds. The third-order valence-electron chi connectivity index (χ3n) is 6.13. The standard InChI is InChI=1S/C21H25FN10O3/c1-14(33)23-9-18-12-30(21(34)35-18)17-2-3-20(19(22)8-17)29-6-4-16(5-7-29)31-10-15(26-28-31)11-32-25-13-24-27-32/h2-3,8,10,13,16,18H,4-7,9,11-12H2,1H3,(H,23,33)/t18-/m0/s1. The fourth-order valence-corrected chi connectivity index (χ4v) is 4.36. The fourth-order valence-electron chi connectivity index (χ4n) is 4.36. The molecule has 5 rings (SSSR count). The third kappa shape index (κ3) is 5.05. The van der Waals surface area contributed by atoms with Crippen molar-refractivity contribution in [3.8, 4) is 0 Å². The summed E-state index contributed by atoms with van der Waals surface area (Å²) in [6.45, 7) is 3.58. The average molecular weight is 484 g/mol. The summed E-state index contributed by atoms with van der Waals surface area (Å²) in [6.07, 6.45) is 3.79. The quantitative estimate of drug-likeness (QED) is 0.515. The number of anilines is 2. The molecule has 2 aromatic heterocycles. The van der Waals surface area contributed by atoms with Crippen molar-refractivity contribution in [2.24, 2.45) is 0 Å². The number of cyclic esters (lactones) is 1. The van der Waals surface area contributed by atoms with Crippen LogP contribution in [0.4, 0.5) is 20.6 Å². The van der Waals surface area contributed by atoms with Gasteiger partial charge in [-0.25, -0.2) is 13.9 Å². The van der Waals surface area contributed by atoms with E-state index in [2.05, 4.69) is 31.0 Å². The van der Waals surface area contributed by atoms with E-state index in [9.17, 15) is 9.59 Å². The summed E-state index contributed by atoms with van der Waals surface area (Å²) in [5.74, 6) is -0.602. The number of nitrogens with zero attached hydrogens (tertiary/aromatic N) is 9. The minimum Gasteiger partial charge on any atom is -0.442 e. The number of hydrogen-bond acceptors (Lipinski definition) is 9. The van der Waals surface area contributed by atoms with Gasteiger partial charge in [0.1, 0.15) is 24.2 Å². The number of halogens is 1. The lowest BCUT2D eigenvalue weighted by atomic mass is 10.0. The second-order valence-electron chi connectivity index (χ2n) is 8.56. The van der Waals surface area contributed by atoms with Crippen LogP contribution in [0.2, 0.25) is 0 Å². The van der Waals surface area contributed by atoms with Crippen LogP contribution in [-0.2, 0) is 16.1 Å². The SMILES string of the molecule is CC(=O)NC[C@H]1CN(c2ccc(N3CCC(n4cc(Cn5ncnn5)nn4)CC3)c(F)c2)C(=O)O1. The first-order valence-electron chi connectivity index (χ1n) is 11.3. The lowest BCUT2D eigenvalue weighted by Crippen LogP contribution is -2.35. The van der Waals surface area contributed by atoms with E-state index in [-0.39, 0.29) is 25.0 Å². The first kappa shape index (κ1) is 22.7. The topological polar surface area (TPSA) is 136 Å². The largest absolute Gasteiger partial charge is 0.442 e. The maximum atomic E-state index is 15.0. The van der Waals surface area contributed by atoms with Gasteiger partial charge in [-0.1, -0.05) is 5.21 Å². The molecule has 0 radical (unpaired) electrons. The highest BCUT2D eigenvalue weighted by Gasteiger charge is 2.33. The number of amides is 2. The van der Waals surface area contributed by atoms with Crippen molar-refractivity contribution in [3.63, 3.8) is 0 Å². The number of carbonyl (C=O) groups excluding carboxylic acids is 2. The summed E-state index contributed by atoms with van der Waals surface area (Å²) in [5.41, 5.74) is 1.66. The summed E-state index contributed by atoms with van der Waals surface area (Å²) in [4.78, 5) is 28.1. The molecule has 35 heavy (non-hydrogen) atoms. The van der Waals surface area contributed by atoms with Gasteiger partial charge in [0.15, 0.2) is 6.33 Å². The van der Waals surface area contributed by atoms with Crippen molar-refractivity contribution in [1.29, 1.82) is 0 Å². The molecule has 4 heterocycles. The van der Waals surface area contributed by atoms with Gasteiger partial charge in [0.2, 0.25) is 5.91 Å². The van der Waals surface area contributed by atoms with Crippen LogP contribution in [0.3, 0.4) is 0 Å². The number of nitrogens with one attached hydrogen (secondary N) is 1. The molecule has 0 bridgehead atoms. The van der Waals surface area contributed by atoms with Crippen LogP contribution >= 0.6 is 0 Å². The van der Waals surface area contributed by atoms with Gasteiger partial charge >= 0.3 is 6.09 Å². The summed E-state index contributed by atoms with van der Waals surface area (Å²) in [6, 6.07) is 4.93. The first-order chi connectivity index (χ1) is 17.0. The third-order valence-corrected chi connectivity index (χ3v) is 6.13. The molecule has 1 atom stereocenters. The fraction of sp³-hybridized carbons (Fsp3) is 0.476. The Labute approximate surface area is 199 Å². The zero-order valence-corrected chi connectivity index (χ0v) is 19.1. The predicted octanol–water partition coefficient (Wildman–Crippen LogP) is 0.755. The number of benzene rings is 1. The molecule has 2 saturated heterocycles. The molecule has 1 N–H and O–H groups in total. The van der Waals surface area contributed by atoms with Gasteiger partial charge in [0.05, 0.1) is 36.7 Å². The highest BCUT2D eigenvalue weighted by Crippen LogP contribution is 2.31. The molecule has 2 aliphatic heterocycles. The second-order valence-corrected chi connectivity index (χ2v) is 8.56. The van der Waals surface area contributed by atoms with Crippen LogP contribution in [-0.4, -0.2) is 79.5 Å². The lowest BCUT2D eigenvalue weighted by molar-refractivity contribution is -0.119. The van der Waals surface area contributed by atoms with Gasteiger partial charge in [-0.3, -0.25) is 9.69 Å². The Morgan fingerprint density at radius 2 is 2.09 bits per heavy atom. The Hall–Kier alpha value is -4.10. The van der Waals surface area contributed by atoms with Gasteiger partial charge in [0.25, 0.3) is 0 Å². The Balaban J connectivity index is 1.18. The first-order valence-corrected chi connectivity index (χ1v) is 11.3.